The molecule has 0 aromatic heterocycles. The Balaban J connectivity index is 1.69. The van der Waals surface area contributed by atoms with E-state index in [1.807, 2.05) is 24.3 Å². The van der Waals surface area contributed by atoms with Crippen molar-refractivity contribution in [2.75, 3.05) is 0 Å². The Bertz CT molecular complexity index is 656. The lowest BCUT2D eigenvalue weighted by atomic mass is 10.0. The number of halogens is 1. The summed E-state index contributed by atoms with van der Waals surface area (Å²) < 4.78 is 1.09. The molecule has 0 spiro atoms. The molecule has 0 radical (unpaired) electrons. The minimum atomic E-state index is 1.05. The zero-order chi connectivity index (χ0) is 17.7. The minimum Gasteiger partial charge on any atom is -0.0654 e. The van der Waals surface area contributed by atoms with E-state index in [0.717, 1.165) is 15.6 Å². The van der Waals surface area contributed by atoms with Gasteiger partial charge in [-0.15, -0.1) is 0 Å². The second-order valence-corrected chi connectivity index (χ2v) is 7.59. The molecular formula is C24H29Br. The summed E-state index contributed by atoms with van der Waals surface area (Å²) in [5.41, 5.74) is 3.56. The van der Waals surface area contributed by atoms with Gasteiger partial charge < -0.3 is 0 Å². The fraction of sp³-hybridized carbons (Fsp3) is 0.417. The van der Waals surface area contributed by atoms with Crippen LogP contribution in [0.5, 0.6) is 0 Å². The van der Waals surface area contributed by atoms with Crippen LogP contribution in [-0.4, -0.2) is 0 Å². The van der Waals surface area contributed by atoms with Gasteiger partial charge in [0.2, 0.25) is 0 Å². The average molecular weight is 397 g/mol. The smallest absolute Gasteiger partial charge is 0.0249 e. The predicted octanol–water partition coefficient (Wildman–Crippen LogP) is 7.53. The lowest BCUT2D eigenvalue weighted by Crippen LogP contribution is -1.87. The molecule has 0 amide bonds. The first-order valence-electron chi connectivity index (χ1n) is 9.64. The van der Waals surface area contributed by atoms with E-state index in [9.17, 15) is 0 Å². The van der Waals surface area contributed by atoms with Crippen molar-refractivity contribution in [1.29, 1.82) is 0 Å². The molecule has 1 heteroatoms. The van der Waals surface area contributed by atoms with Crippen molar-refractivity contribution in [3.63, 3.8) is 0 Å². The Morgan fingerprint density at radius 1 is 0.640 bits per heavy atom. The van der Waals surface area contributed by atoms with Gasteiger partial charge in [0.05, 0.1) is 0 Å². The van der Waals surface area contributed by atoms with Crippen molar-refractivity contribution in [2.45, 2.75) is 64.7 Å². The normalized spacial score (nSPS) is 10.3. The van der Waals surface area contributed by atoms with Crippen LogP contribution in [0.15, 0.2) is 53.0 Å². The zero-order valence-corrected chi connectivity index (χ0v) is 16.9. The molecule has 0 unspecified atom stereocenters. The average Bonchev–Trinajstić information content (AvgIpc) is 2.64. The first kappa shape index (κ1) is 19.8. The SMILES string of the molecule is CCCCCCCCCCc1ccc(C#Cc2ccc(Br)cc2)cc1. The number of hydrogen-bond acceptors (Lipinski definition) is 0. The van der Waals surface area contributed by atoms with Crippen molar-refractivity contribution in [3.05, 3.63) is 69.7 Å². The van der Waals surface area contributed by atoms with Crippen LogP contribution in [0, 0.1) is 11.8 Å². The van der Waals surface area contributed by atoms with E-state index in [1.165, 1.54) is 63.4 Å². The highest BCUT2D eigenvalue weighted by molar-refractivity contribution is 9.10. The van der Waals surface area contributed by atoms with Crippen LogP contribution in [0.4, 0.5) is 0 Å². The number of aryl methyl sites for hydroxylation is 1. The van der Waals surface area contributed by atoms with E-state index < -0.39 is 0 Å². The van der Waals surface area contributed by atoms with Gasteiger partial charge in [0.25, 0.3) is 0 Å². The first-order valence-corrected chi connectivity index (χ1v) is 10.4. The van der Waals surface area contributed by atoms with Gasteiger partial charge in [-0.05, 0) is 54.8 Å². The molecule has 0 aliphatic heterocycles. The molecule has 0 fully saturated rings. The summed E-state index contributed by atoms with van der Waals surface area (Å²) in [6.07, 6.45) is 12.2. The van der Waals surface area contributed by atoms with Gasteiger partial charge >= 0.3 is 0 Å². The molecule has 0 atom stereocenters. The predicted molar refractivity (Wildman–Crippen MR) is 113 cm³/mol. The van der Waals surface area contributed by atoms with Gasteiger partial charge in [-0.3, -0.25) is 0 Å². The number of unbranched alkanes of at least 4 members (excludes halogenated alkanes) is 7. The Morgan fingerprint density at radius 2 is 1.12 bits per heavy atom. The van der Waals surface area contributed by atoms with Crippen LogP contribution in [0.2, 0.25) is 0 Å². The third-order valence-corrected chi connectivity index (χ3v) is 5.00. The molecule has 0 nitrogen and oxygen atoms in total. The molecule has 0 N–H and O–H groups in total. The van der Waals surface area contributed by atoms with Crippen molar-refractivity contribution in [3.8, 4) is 11.8 Å². The van der Waals surface area contributed by atoms with Crippen molar-refractivity contribution in [1.82, 2.24) is 0 Å². The molecular weight excluding hydrogens is 368 g/mol. The second kappa shape index (κ2) is 11.9. The first-order chi connectivity index (χ1) is 12.3. The Hall–Kier alpha value is -1.52. The number of hydrogen-bond donors (Lipinski definition) is 0. The van der Waals surface area contributed by atoms with E-state index in [2.05, 4.69) is 59.0 Å². The van der Waals surface area contributed by atoms with Crippen LogP contribution in [0.1, 0.15) is 75.0 Å². The van der Waals surface area contributed by atoms with E-state index in [4.69, 9.17) is 0 Å². The van der Waals surface area contributed by atoms with E-state index in [0.29, 0.717) is 0 Å². The lowest BCUT2D eigenvalue weighted by Gasteiger charge is -2.03. The van der Waals surface area contributed by atoms with Gasteiger partial charge in [-0.25, -0.2) is 0 Å². The quantitative estimate of drug-likeness (QED) is 0.303. The van der Waals surface area contributed by atoms with Crippen LogP contribution >= 0.6 is 15.9 Å². The molecule has 0 aliphatic rings. The van der Waals surface area contributed by atoms with Crippen molar-refractivity contribution < 1.29 is 0 Å². The molecule has 2 aromatic rings. The third-order valence-electron chi connectivity index (χ3n) is 4.47. The number of benzene rings is 2. The summed E-state index contributed by atoms with van der Waals surface area (Å²) in [7, 11) is 0. The molecule has 25 heavy (non-hydrogen) atoms. The summed E-state index contributed by atoms with van der Waals surface area (Å²) in [5, 5.41) is 0. The summed E-state index contributed by atoms with van der Waals surface area (Å²) in [6.45, 7) is 2.28. The summed E-state index contributed by atoms with van der Waals surface area (Å²) >= 11 is 3.45. The maximum atomic E-state index is 3.45. The summed E-state index contributed by atoms with van der Waals surface area (Å²) in [6, 6.07) is 16.9. The number of rotatable bonds is 9. The van der Waals surface area contributed by atoms with Crippen molar-refractivity contribution in [2.24, 2.45) is 0 Å². The van der Waals surface area contributed by atoms with Gasteiger partial charge in [-0.2, -0.15) is 0 Å². The lowest BCUT2D eigenvalue weighted by molar-refractivity contribution is 0.575. The monoisotopic (exact) mass is 396 g/mol. The van der Waals surface area contributed by atoms with E-state index in [-0.39, 0.29) is 0 Å². The fourth-order valence-electron chi connectivity index (χ4n) is 2.90. The fourth-order valence-corrected chi connectivity index (χ4v) is 3.16. The highest BCUT2D eigenvalue weighted by Crippen LogP contribution is 2.13. The van der Waals surface area contributed by atoms with Crippen LogP contribution in [0.25, 0.3) is 0 Å². The van der Waals surface area contributed by atoms with Gasteiger partial charge in [0, 0.05) is 15.6 Å². The molecule has 2 rings (SSSR count). The van der Waals surface area contributed by atoms with Gasteiger partial charge in [0.15, 0.2) is 0 Å². The topological polar surface area (TPSA) is 0 Å². The highest BCUT2D eigenvalue weighted by Gasteiger charge is 1.95. The molecule has 0 saturated heterocycles. The molecule has 132 valence electrons. The summed E-state index contributed by atoms with van der Waals surface area (Å²) in [4.78, 5) is 0. The van der Waals surface area contributed by atoms with Crippen LogP contribution in [0.3, 0.4) is 0 Å². The zero-order valence-electron chi connectivity index (χ0n) is 15.4. The third kappa shape index (κ3) is 8.41. The summed E-state index contributed by atoms with van der Waals surface area (Å²) in [5.74, 6) is 6.46. The minimum absolute atomic E-state index is 1.05. The van der Waals surface area contributed by atoms with E-state index in [1.54, 1.807) is 0 Å². The Kier molecular flexibility index (Phi) is 9.45. The van der Waals surface area contributed by atoms with Crippen LogP contribution in [-0.2, 0) is 6.42 Å². The van der Waals surface area contributed by atoms with Gasteiger partial charge in [0.1, 0.15) is 0 Å². The molecule has 0 aliphatic carbocycles. The van der Waals surface area contributed by atoms with Gasteiger partial charge in [-0.1, -0.05) is 91.8 Å². The molecule has 0 heterocycles. The maximum absolute atomic E-state index is 3.45. The Morgan fingerprint density at radius 3 is 1.68 bits per heavy atom. The molecule has 0 saturated carbocycles. The van der Waals surface area contributed by atoms with Crippen LogP contribution < -0.4 is 0 Å². The highest BCUT2D eigenvalue weighted by atomic mass is 79.9. The van der Waals surface area contributed by atoms with Crippen molar-refractivity contribution >= 4 is 15.9 Å². The molecule has 0 bridgehead atoms. The van der Waals surface area contributed by atoms with E-state index >= 15 is 0 Å². The largest absolute Gasteiger partial charge is 0.0654 e. The second-order valence-electron chi connectivity index (χ2n) is 6.68. The molecule has 2 aromatic carbocycles. The standard InChI is InChI=1S/C24H29Br/c1-2-3-4-5-6-7-8-9-10-21-11-13-22(14-12-21)15-16-23-17-19-24(25)20-18-23/h11-14,17-20H,2-10H2,1H3. The Labute approximate surface area is 162 Å². The maximum Gasteiger partial charge on any atom is 0.0249 e.